The Morgan fingerprint density at radius 1 is 1.35 bits per heavy atom. The number of ketones is 1. The Morgan fingerprint density at radius 2 is 2.09 bits per heavy atom. The predicted octanol–water partition coefficient (Wildman–Crippen LogP) is 1.62. The second-order valence-electron chi connectivity index (χ2n) is 5.47. The Bertz CT molecular complexity index is 574. The number of nitrogens with one attached hydrogen (secondary N) is 2. The fourth-order valence-corrected chi connectivity index (χ4v) is 3.48. The Balaban J connectivity index is 1.86. The highest BCUT2D eigenvalue weighted by molar-refractivity contribution is 8.14. The van der Waals surface area contributed by atoms with Gasteiger partial charge in [0.2, 0.25) is 5.78 Å². The van der Waals surface area contributed by atoms with E-state index in [1.54, 1.807) is 18.8 Å². The van der Waals surface area contributed by atoms with E-state index in [-0.39, 0.29) is 6.04 Å². The van der Waals surface area contributed by atoms with E-state index >= 15 is 0 Å². The van der Waals surface area contributed by atoms with Crippen molar-refractivity contribution in [3.8, 4) is 0 Å². The summed E-state index contributed by atoms with van der Waals surface area (Å²) in [5, 5.41) is 6.61. The van der Waals surface area contributed by atoms with Gasteiger partial charge in [-0.3, -0.25) is 14.6 Å². The maximum Gasteiger partial charge on any atom is 0.289 e. The van der Waals surface area contributed by atoms with Gasteiger partial charge < -0.3 is 10.6 Å². The highest BCUT2D eigenvalue weighted by Crippen LogP contribution is 2.22. The minimum absolute atomic E-state index is 0.0196. The maximum atomic E-state index is 12.0. The van der Waals surface area contributed by atoms with Crippen molar-refractivity contribution in [1.29, 1.82) is 0 Å². The molecule has 1 aromatic rings. The maximum absolute atomic E-state index is 12.0. The van der Waals surface area contributed by atoms with Crippen molar-refractivity contribution < 1.29 is 9.59 Å². The molecule has 1 amide bonds. The topological polar surface area (TPSA) is 70.6 Å². The fraction of sp³-hybridized carbons (Fsp3) is 0.471. The van der Waals surface area contributed by atoms with Gasteiger partial charge in [0, 0.05) is 17.9 Å². The number of carbonyl (C=O) groups excluding carboxylic acids is 2. The van der Waals surface area contributed by atoms with E-state index in [2.05, 4.69) is 15.6 Å². The number of hydrogen-bond acceptors (Lipinski definition) is 5. The van der Waals surface area contributed by atoms with Crippen LogP contribution in [0.25, 0.3) is 0 Å². The van der Waals surface area contributed by atoms with Gasteiger partial charge in [-0.25, -0.2) is 0 Å². The summed E-state index contributed by atoms with van der Waals surface area (Å²) in [7, 11) is 1.70. The summed E-state index contributed by atoms with van der Waals surface area (Å²) >= 11 is 1.68. The van der Waals surface area contributed by atoms with E-state index in [1.165, 1.54) is 0 Å². The molecule has 0 radical (unpaired) electrons. The Labute approximate surface area is 141 Å². The third kappa shape index (κ3) is 4.91. The Hall–Kier alpha value is -1.66. The molecule has 1 heterocycles. The average Bonchev–Trinajstić information content (AvgIpc) is 3.06. The molecule has 2 unspecified atom stereocenters. The third-order valence-corrected chi connectivity index (χ3v) is 4.86. The van der Waals surface area contributed by atoms with Crippen LogP contribution in [0.2, 0.25) is 0 Å². The first kappa shape index (κ1) is 17.7. The molecule has 2 atom stereocenters. The third-order valence-electron chi connectivity index (χ3n) is 3.70. The first-order chi connectivity index (χ1) is 11.2. The number of carbonyl (C=O) groups is 2. The molecule has 1 aliphatic rings. The molecule has 0 spiro atoms. The number of rotatable bonds is 8. The van der Waals surface area contributed by atoms with Gasteiger partial charge in [0.25, 0.3) is 5.91 Å². The lowest BCUT2D eigenvalue weighted by Gasteiger charge is -2.14. The van der Waals surface area contributed by atoms with Crippen LogP contribution < -0.4 is 10.6 Å². The molecule has 1 aliphatic heterocycles. The number of thioether (sulfide) groups is 1. The minimum Gasteiger partial charge on any atom is -0.347 e. The van der Waals surface area contributed by atoms with Gasteiger partial charge in [-0.15, -0.1) is 11.8 Å². The highest BCUT2D eigenvalue weighted by Gasteiger charge is 2.25. The molecule has 0 fully saturated rings. The lowest BCUT2D eigenvalue weighted by molar-refractivity contribution is -0.139. The molecule has 0 aromatic heterocycles. The molecule has 124 valence electrons. The van der Waals surface area contributed by atoms with Gasteiger partial charge >= 0.3 is 0 Å². The van der Waals surface area contributed by atoms with Gasteiger partial charge in [-0.1, -0.05) is 43.7 Å². The number of nitrogens with zero attached hydrogens (tertiary/aromatic N) is 1. The fourth-order valence-electron chi connectivity index (χ4n) is 2.41. The standard InChI is InChI=1S/C17H23N3O2S/c1-3-7-14(18-2)15(21)16(22)19-10-13-11-23-17(20-13)12-8-5-4-6-9-12/h4-6,8-9,13-14,18H,3,7,10-11H2,1-2H3,(H,19,22). The van der Waals surface area contributed by atoms with E-state index in [4.69, 9.17) is 0 Å². The van der Waals surface area contributed by atoms with Crippen LogP contribution in [0.5, 0.6) is 0 Å². The number of Topliss-reactive ketones (excluding diaryl/α,β-unsaturated/α-hetero) is 1. The van der Waals surface area contributed by atoms with Crippen molar-refractivity contribution >= 4 is 28.5 Å². The van der Waals surface area contributed by atoms with Crippen LogP contribution in [0.1, 0.15) is 25.3 Å². The summed E-state index contributed by atoms with van der Waals surface area (Å²) in [5.41, 5.74) is 1.10. The normalized spacial score (nSPS) is 18.3. The molecule has 23 heavy (non-hydrogen) atoms. The Kier molecular flexibility index (Phi) is 6.80. The quantitative estimate of drug-likeness (QED) is 0.709. The monoisotopic (exact) mass is 333 g/mol. The van der Waals surface area contributed by atoms with Crippen molar-refractivity contribution in [3.63, 3.8) is 0 Å². The molecule has 5 nitrogen and oxygen atoms in total. The van der Waals surface area contributed by atoms with Crippen LogP contribution in [-0.4, -0.2) is 48.2 Å². The molecule has 0 bridgehead atoms. The van der Waals surface area contributed by atoms with Crippen LogP contribution in [-0.2, 0) is 9.59 Å². The average molecular weight is 333 g/mol. The second-order valence-corrected chi connectivity index (χ2v) is 6.48. The Morgan fingerprint density at radius 3 is 2.74 bits per heavy atom. The molecule has 2 rings (SSSR count). The summed E-state index contributed by atoms with van der Waals surface area (Å²) in [5.74, 6) is -0.0956. The summed E-state index contributed by atoms with van der Waals surface area (Å²) in [6.07, 6.45) is 1.52. The van der Waals surface area contributed by atoms with Crippen LogP contribution in [0, 0.1) is 0 Å². The van der Waals surface area contributed by atoms with Gasteiger partial charge in [-0.2, -0.15) is 0 Å². The lowest BCUT2D eigenvalue weighted by atomic mass is 10.1. The highest BCUT2D eigenvalue weighted by atomic mass is 32.2. The number of benzene rings is 1. The van der Waals surface area contributed by atoms with Gasteiger partial charge in [-0.05, 0) is 13.5 Å². The molecule has 2 N–H and O–H groups in total. The molecule has 0 saturated carbocycles. The largest absolute Gasteiger partial charge is 0.347 e. The number of likely N-dealkylation sites (N-methyl/N-ethyl adjacent to an activating group) is 1. The van der Waals surface area contributed by atoms with Crippen LogP contribution in [0.15, 0.2) is 35.3 Å². The lowest BCUT2D eigenvalue weighted by Crippen LogP contribution is -2.45. The van der Waals surface area contributed by atoms with E-state index in [9.17, 15) is 9.59 Å². The molecular formula is C17H23N3O2S. The molecule has 0 aliphatic carbocycles. The molecule has 1 aromatic carbocycles. The summed E-state index contributed by atoms with van der Waals surface area (Å²) in [6, 6.07) is 9.61. The molecule has 0 saturated heterocycles. The van der Waals surface area contributed by atoms with E-state index < -0.39 is 17.7 Å². The number of amides is 1. The number of aliphatic imine (C=N–C) groups is 1. The number of hydrogen-bond donors (Lipinski definition) is 2. The van der Waals surface area contributed by atoms with Gasteiger partial charge in [0.05, 0.1) is 17.1 Å². The summed E-state index contributed by atoms with van der Waals surface area (Å²) in [6.45, 7) is 2.39. The zero-order valence-corrected chi connectivity index (χ0v) is 14.4. The van der Waals surface area contributed by atoms with E-state index in [0.29, 0.717) is 13.0 Å². The van der Waals surface area contributed by atoms with Crippen LogP contribution in [0.3, 0.4) is 0 Å². The van der Waals surface area contributed by atoms with Crippen molar-refractivity contribution in [2.75, 3.05) is 19.3 Å². The molecular weight excluding hydrogens is 310 g/mol. The SMILES string of the molecule is CCCC(NC)C(=O)C(=O)NCC1CSC(c2ccccc2)=N1. The van der Waals surface area contributed by atoms with E-state index in [0.717, 1.165) is 22.8 Å². The van der Waals surface area contributed by atoms with Crippen LogP contribution in [0.4, 0.5) is 0 Å². The van der Waals surface area contributed by atoms with Gasteiger partial charge in [0.15, 0.2) is 0 Å². The zero-order valence-electron chi connectivity index (χ0n) is 13.5. The van der Waals surface area contributed by atoms with Crippen molar-refractivity contribution in [2.45, 2.75) is 31.8 Å². The second kappa shape index (κ2) is 8.84. The first-order valence-corrected chi connectivity index (χ1v) is 8.89. The summed E-state index contributed by atoms with van der Waals surface area (Å²) in [4.78, 5) is 28.6. The van der Waals surface area contributed by atoms with Crippen molar-refractivity contribution in [1.82, 2.24) is 10.6 Å². The first-order valence-electron chi connectivity index (χ1n) is 7.91. The van der Waals surface area contributed by atoms with Crippen molar-refractivity contribution in [3.05, 3.63) is 35.9 Å². The smallest absolute Gasteiger partial charge is 0.289 e. The molecule has 6 heteroatoms. The van der Waals surface area contributed by atoms with Crippen LogP contribution >= 0.6 is 11.8 Å². The predicted molar refractivity (Wildman–Crippen MR) is 95.0 cm³/mol. The zero-order chi connectivity index (χ0) is 16.7. The minimum atomic E-state index is -0.522. The van der Waals surface area contributed by atoms with E-state index in [1.807, 2.05) is 37.3 Å². The van der Waals surface area contributed by atoms with Crippen molar-refractivity contribution in [2.24, 2.45) is 4.99 Å². The summed E-state index contributed by atoms with van der Waals surface area (Å²) < 4.78 is 0. The van der Waals surface area contributed by atoms with Gasteiger partial charge in [0.1, 0.15) is 0 Å².